The Morgan fingerprint density at radius 3 is 2.04 bits per heavy atom. The molecule has 0 spiro atoms. The van der Waals surface area contributed by atoms with Crippen molar-refractivity contribution in [3.8, 4) is 0 Å². The Kier molecular flexibility index (Phi) is 6.45. The van der Waals surface area contributed by atoms with Crippen LogP contribution < -0.4 is 0 Å². The minimum absolute atomic E-state index is 0.0778. The van der Waals surface area contributed by atoms with Gasteiger partial charge in [-0.05, 0) is 43.5 Å². The van der Waals surface area contributed by atoms with Crippen LogP contribution in [0.1, 0.15) is 49.3 Å². The zero-order valence-electron chi connectivity index (χ0n) is 16.0. The normalized spacial score (nSPS) is 17.0. The van der Waals surface area contributed by atoms with Gasteiger partial charge in [0.05, 0.1) is 12.0 Å². The topological polar surface area (TPSA) is 23.6 Å². The van der Waals surface area contributed by atoms with E-state index in [2.05, 4.69) is 48.2 Å². The Morgan fingerprint density at radius 2 is 1.50 bits per heavy atom. The lowest BCUT2D eigenvalue weighted by molar-refractivity contribution is -0.134. The average Bonchev–Trinajstić information content (AvgIpc) is 3.21. The van der Waals surface area contributed by atoms with Crippen LogP contribution in [0.4, 0.5) is 0 Å². The molecule has 3 nitrogen and oxygen atoms in total. The number of rotatable bonds is 7. The summed E-state index contributed by atoms with van der Waals surface area (Å²) in [5, 5.41) is 0. The second-order valence-corrected chi connectivity index (χ2v) is 7.25. The molecule has 0 aliphatic carbocycles. The molecule has 138 valence electrons. The van der Waals surface area contributed by atoms with Crippen LogP contribution in [0.5, 0.6) is 0 Å². The van der Waals surface area contributed by atoms with Gasteiger partial charge in [0, 0.05) is 13.6 Å². The van der Waals surface area contributed by atoms with E-state index < -0.39 is 0 Å². The van der Waals surface area contributed by atoms with E-state index in [0.29, 0.717) is 0 Å². The highest BCUT2D eigenvalue weighted by Gasteiger charge is 2.29. The molecule has 3 rings (SSSR count). The maximum Gasteiger partial charge on any atom is 0.230 e. The number of hydrogen-bond donors (Lipinski definition) is 0. The maximum absolute atomic E-state index is 13.4. The minimum atomic E-state index is -0.0778. The molecule has 1 fully saturated rings. The lowest BCUT2D eigenvalue weighted by atomic mass is 9.93. The van der Waals surface area contributed by atoms with Crippen molar-refractivity contribution in [1.82, 2.24) is 9.80 Å². The molecule has 1 saturated heterocycles. The first-order valence-corrected chi connectivity index (χ1v) is 9.79. The summed E-state index contributed by atoms with van der Waals surface area (Å²) in [6, 6.07) is 20.7. The molecule has 0 aromatic heterocycles. The molecule has 26 heavy (non-hydrogen) atoms. The van der Waals surface area contributed by atoms with E-state index in [0.717, 1.165) is 31.6 Å². The molecule has 2 unspecified atom stereocenters. The fraction of sp³-hybridized carbons (Fsp3) is 0.435. The zero-order chi connectivity index (χ0) is 18.4. The highest BCUT2D eigenvalue weighted by atomic mass is 16.2. The van der Waals surface area contributed by atoms with E-state index in [9.17, 15) is 4.79 Å². The van der Waals surface area contributed by atoms with Gasteiger partial charge in [0.1, 0.15) is 0 Å². The van der Waals surface area contributed by atoms with Crippen molar-refractivity contribution in [2.45, 2.75) is 38.1 Å². The molecule has 2 aromatic carbocycles. The van der Waals surface area contributed by atoms with Gasteiger partial charge in [0.15, 0.2) is 0 Å². The standard InChI is InChI=1S/C23H30N2O/c1-3-21(19-12-6-4-7-13-19)23(26)24(2)22(18-25-16-10-11-17-25)20-14-8-5-9-15-20/h4-9,12-15,21-22H,3,10-11,16-18H2,1-2H3. The van der Waals surface area contributed by atoms with Gasteiger partial charge in [-0.2, -0.15) is 0 Å². The molecule has 2 atom stereocenters. The number of hydrogen-bond acceptors (Lipinski definition) is 2. The SMILES string of the molecule is CCC(C(=O)N(C)C(CN1CCCC1)c1ccccc1)c1ccccc1. The van der Waals surface area contributed by atoms with E-state index in [1.807, 2.05) is 36.2 Å². The van der Waals surface area contributed by atoms with Crippen LogP contribution in [0.2, 0.25) is 0 Å². The monoisotopic (exact) mass is 350 g/mol. The lowest BCUT2D eigenvalue weighted by Gasteiger charge is -2.34. The number of likely N-dealkylation sites (tertiary alicyclic amines) is 1. The molecular formula is C23H30N2O. The van der Waals surface area contributed by atoms with Gasteiger partial charge in [-0.15, -0.1) is 0 Å². The van der Waals surface area contributed by atoms with Gasteiger partial charge in [0.2, 0.25) is 5.91 Å². The summed E-state index contributed by atoms with van der Waals surface area (Å²) in [7, 11) is 1.97. The van der Waals surface area contributed by atoms with E-state index >= 15 is 0 Å². The van der Waals surface area contributed by atoms with Gasteiger partial charge in [-0.3, -0.25) is 4.79 Å². The third-order valence-corrected chi connectivity index (χ3v) is 5.54. The number of nitrogens with zero attached hydrogens (tertiary/aromatic N) is 2. The number of amides is 1. The van der Waals surface area contributed by atoms with Gasteiger partial charge in [0.25, 0.3) is 0 Å². The van der Waals surface area contributed by atoms with Crippen molar-refractivity contribution < 1.29 is 4.79 Å². The fourth-order valence-electron chi connectivity index (χ4n) is 3.97. The Hall–Kier alpha value is -2.13. The summed E-state index contributed by atoms with van der Waals surface area (Å²) >= 11 is 0. The smallest absolute Gasteiger partial charge is 0.230 e. The molecular weight excluding hydrogens is 320 g/mol. The van der Waals surface area contributed by atoms with Crippen molar-refractivity contribution in [1.29, 1.82) is 0 Å². The maximum atomic E-state index is 13.4. The molecule has 1 aliphatic rings. The van der Waals surface area contributed by atoms with Crippen molar-refractivity contribution in [2.24, 2.45) is 0 Å². The Bertz CT molecular complexity index is 680. The predicted octanol–water partition coefficient (Wildman–Crippen LogP) is 4.48. The number of carbonyl (C=O) groups excluding carboxylic acids is 1. The van der Waals surface area contributed by atoms with Crippen molar-refractivity contribution in [3.05, 3.63) is 71.8 Å². The Labute approximate surface area is 157 Å². The molecule has 0 radical (unpaired) electrons. The van der Waals surface area contributed by atoms with Gasteiger partial charge < -0.3 is 9.80 Å². The molecule has 3 heteroatoms. The lowest BCUT2D eigenvalue weighted by Crippen LogP contribution is -2.40. The second-order valence-electron chi connectivity index (χ2n) is 7.25. The summed E-state index contributed by atoms with van der Waals surface area (Å²) in [6.45, 7) is 5.29. The molecule has 1 amide bonds. The Balaban J connectivity index is 1.83. The van der Waals surface area contributed by atoms with Gasteiger partial charge in [-0.25, -0.2) is 0 Å². The first-order valence-electron chi connectivity index (χ1n) is 9.79. The molecule has 2 aromatic rings. The molecule has 0 N–H and O–H groups in total. The van der Waals surface area contributed by atoms with E-state index in [4.69, 9.17) is 0 Å². The summed E-state index contributed by atoms with van der Waals surface area (Å²) < 4.78 is 0. The van der Waals surface area contributed by atoms with Gasteiger partial charge >= 0.3 is 0 Å². The van der Waals surface area contributed by atoms with Crippen molar-refractivity contribution in [2.75, 3.05) is 26.7 Å². The zero-order valence-corrected chi connectivity index (χ0v) is 16.0. The average molecular weight is 351 g/mol. The first-order chi connectivity index (χ1) is 12.7. The van der Waals surface area contributed by atoms with Gasteiger partial charge in [-0.1, -0.05) is 67.6 Å². The predicted molar refractivity (Wildman–Crippen MR) is 107 cm³/mol. The number of benzene rings is 2. The van der Waals surface area contributed by atoms with E-state index in [-0.39, 0.29) is 17.9 Å². The van der Waals surface area contributed by atoms with E-state index in [1.165, 1.54) is 18.4 Å². The summed E-state index contributed by atoms with van der Waals surface area (Å²) in [5.74, 6) is 0.137. The van der Waals surface area contributed by atoms with Crippen LogP contribution in [0.3, 0.4) is 0 Å². The number of carbonyl (C=O) groups is 1. The third kappa shape index (κ3) is 4.34. The fourth-order valence-corrected chi connectivity index (χ4v) is 3.97. The first kappa shape index (κ1) is 18.7. The van der Waals surface area contributed by atoms with Crippen LogP contribution >= 0.6 is 0 Å². The molecule has 0 saturated carbocycles. The van der Waals surface area contributed by atoms with E-state index in [1.54, 1.807) is 0 Å². The van der Waals surface area contributed by atoms with Crippen LogP contribution in [-0.4, -0.2) is 42.4 Å². The summed E-state index contributed by atoms with van der Waals surface area (Å²) in [5.41, 5.74) is 2.33. The molecule has 1 aliphatic heterocycles. The summed E-state index contributed by atoms with van der Waals surface area (Å²) in [6.07, 6.45) is 3.35. The largest absolute Gasteiger partial charge is 0.337 e. The van der Waals surface area contributed by atoms with Crippen LogP contribution in [0, 0.1) is 0 Å². The summed E-state index contributed by atoms with van der Waals surface area (Å²) in [4.78, 5) is 17.8. The number of likely N-dealkylation sites (N-methyl/N-ethyl adjacent to an activating group) is 1. The quantitative estimate of drug-likeness (QED) is 0.735. The van der Waals surface area contributed by atoms with Crippen LogP contribution in [0.15, 0.2) is 60.7 Å². The molecule has 0 bridgehead atoms. The third-order valence-electron chi connectivity index (χ3n) is 5.54. The van der Waals surface area contributed by atoms with Crippen molar-refractivity contribution >= 4 is 5.91 Å². The minimum Gasteiger partial charge on any atom is -0.337 e. The second kappa shape index (κ2) is 9.00. The van der Waals surface area contributed by atoms with Crippen LogP contribution in [-0.2, 0) is 4.79 Å². The van der Waals surface area contributed by atoms with Crippen molar-refractivity contribution in [3.63, 3.8) is 0 Å². The highest BCUT2D eigenvalue weighted by Crippen LogP contribution is 2.28. The van der Waals surface area contributed by atoms with Crippen LogP contribution in [0.25, 0.3) is 0 Å². The highest BCUT2D eigenvalue weighted by molar-refractivity contribution is 5.84. The molecule has 1 heterocycles. The Morgan fingerprint density at radius 1 is 0.962 bits per heavy atom.